The molecule has 4 bridgehead atoms. The van der Waals surface area contributed by atoms with Crippen LogP contribution in [0.1, 0.15) is 31.7 Å². The lowest BCUT2D eigenvalue weighted by molar-refractivity contribution is 0.139. The molecule has 3 aromatic rings. The Morgan fingerprint density at radius 1 is 1.13 bits per heavy atom. The van der Waals surface area contributed by atoms with E-state index in [0.717, 1.165) is 52.3 Å². The summed E-state index contributed by atoms with van der Waals surface area (Å²) < 4.78 is 11.4. The van der Waals surface area contributed by atoms with Crippen LogP contribution in [0, 0.1) is 5.92 Å². The Kier molecular flexibility index (Phi) is 5.40. The van der Waals surface area contributed by atoms with Gasteiger partial charge >= 0.3 is 6.09 Å². The van der Waals surface area contributed by atoms with E-state index in [1.165, 1.54) is 12.8 Å². The molecule has 1 atom stereocenters. The number of hydrogen-bond acceptors (Lipinski definition) is 5. The van der Waals surface area contributed by atoms with Gasteiger partial charge in [0.2, 0.25) is 0 Å². The number of fused-ring (bicyclic) bond motifs is 4. The highest BCUT2D eigenvalue weighted by atomic mass is 16.5. The number of carbonyl (C=O) groups excluding carboxylic acids is 1. The zero-order chi connectivity index (χ0) is 21.2. The minimum absolute atomic E-state index is 0.222. The number of aromatic nitrogens is 2. The van der Waals surface area contributed by atoms with Crippen molar-refractivity contribution in [2.75, 3.05) is 31.1 Å². The molecule has 1 saturated heterocycles. The number of cyclic esters (lactones) is 1. The van der Waals surface area contributed by atoms with Gasteiger partial charge in [-0.05, 0) is 67.1 Å². The maximum Gasteiger partial charge on any atom is 0.407 e. The number of alkyl carbamates (subject to hydrolysis) is 1. The lowest BCUT2D eigenvalue weighted by Crippen LogP contribution is -2.34. The Hall–Kier alpha value is -3.22. The summed E-state index contributed by atoms with van der Waals surface area (Å²) in [4.78, 5) is 14.5. The van der Waals surface area contributed by atoms with Gasteiger partial charge in [0, 0.05) is 36.3 Å². The minimum Gasteiger partial charge on any atom is -0.494 e. The first kappa shape index (κ1) is 19.7. The fraction of sp³-hybridized carbons (Fsp3) is 0.417. The van der Waals surface area contributed by atoms with Gasteiger partial charge in [-0.3, -0.25) is 5.10 Å². The van der Waals surface area contributed by atoms with Crippen molar-refractivity contribution in [2.24, 2.45) is 5.92 Å². The highest BCUT2D eigenvalue weighted by Gasteiger charge is 2.19. The highest BCUT2D eigenvalue weighted by Crippen LogP contribution is 2.34. The Labute approximate surface area is 181 Å². The number of aromatic amines is 1. The average Bonchev–Trinajstić information content (AvgIpc) is 3.20. The standard InChI is InChI=1S/C24H28N4O3/c1-16-4-2-8-28(14-16)19-11-17-10-18(12-19)23-21-13-20(5-6-22(21)26-27-23)30-9-3-7-25-24(29)31-15-17/h5-6,10-13,16H,2-4,7-9,14-15H2,1H3,(H,25,29)(H,26,27). The van der Waals surface area contributed by atoms with Gasteiger partial charge in [-0.25, -0.2) is 4.79 Å². The second-order valence-electron chi connectivity index (χ2n) is 8.57. The summed E-state index contributed by atoms with van der Waals surface area (Å²) in [6.07, 6.45) is 2.75. The lowest BCUT2D eigenvalue weighted by Gasteiger charge is -2.33. The number of ether oxygens (including phenoxy) is 2. The Bertz CT molecular complexity index is 1090. The van der Waals surface area contributed by atoms with Gasteiger partial charge in [-0.1, -0.05) is 6.92 Å². The number of hydrogen-bond donors (Lipinski definition) is 2. The number of anilines is 1. The molecule has 0 spiro atoms. The van der Waals surface area contributed by atoms with E-state index < -0.39 is 6.09 Å². The zero-order valence-electron chi connectivity index (χ0n) is 17.8. The fourth-order valence-corrected chi connectivity index (χ4v) is 4.46. The molecule has 0 aliphatic carbocycles. The van der Waals surface area contributed by atoms with E-state index >= 15 is 0 Å². The van der Waals surface area contributed by atoms with Crippen LogP contribution in [0.4, 0.5) is 10.5 Å². The predicted molar refractivity (Wildman–Crippen MR) is 120 cm³/mol. The fourth-order valence-electron chi connectivity index (χ4n) is 4.46. The van der Waals surface area contributed by atoms with Crippen LogP contribution in [0.25, 0.3) is 22.2 Å². The number of H-pyrrole nitrogens is 1. The summed E-state index contributed by atoms with van der Waals surface area (Å²) in [7, 11) is 0. The SMILES string of the molecule is CC1CCCN(c2cc3cc(c2)-c2n[nH]c4ccc(cc24)OCCCNC(=O)OC3)C1. The number of benzene rings is 2. The number of nitrogens with one attached hydrogen (secondary N) is 2. The molecule has 7 heteroatoms. The van der Waals surface area contributed by atoms with Crippen LogP contribution < -0.4 is 15.0 Å². The van der Waals surface area contributed by atoms with Crippen molar-refractivity contribution in [1.29, 1.82) is 0 Å². The van der Waals surface area contributed by atoms with Crippen LogP contribution in [-0.2, 0) is 11.3 Å². The summed E-state index contributed by atoms with van der Waals surface area (Å²) in [5.41, 5.74) is 4.97. The summed E-state index contributed by atoms with van der Waals surface area (Å²) in [5.74, 6) is 1.46. The van der Waals surface area contributed by atoms with Gasteiger partial charge in [-0.15, -0.1) is 0 Å². The van der Waals surface area contributed by atoms with Gasteiger partial charge in [0.05, 0.1) is 12.1 Å². The van der Waals surface area contributed by atoms with E-state index in [0.29, 0.717) is 25.5 Å². The molecule has 2 aliphatic heterocycles. The van der Waals surface area contributed by atoms with Crippen LogP contribution in [0.3, 0.4) is 0 Å². The van der Waals surface area contributed by atoms with E-state index in [1.807, 2.05) is 18.2 Å². The van der Waals surface area contributed by atoms with Crippen LogP contribution in [0.15, 0.2) is 36.4 Å². The molecule has 1 unspecified atom stereocenters. The molecule has 2 N–H and O–H groups in total. The van der Waals surface area contributed by atoms with Gasteiger partial charge in [0.1, 0.15) is 18.1 Å². The van der Waals surface area contributed by atoms with Crippen molar-refractivity contribution in [3.05, 3.63) is 42.0 Å². The molecule has 0 radical (unpaired) electrons. The van der Waals surface area contributed by atoms with Crippen LogP contribution in [0.2, 0.25) is 0 Å². The van der Waals surface area contributed by atoms with Crippen molar-refractivity contribution in [1.82, 2.24) is 15.5 Å². The summed E-state index contributed by atoms with van der Waals surface area (Å²) in [6, 6.07) is 12.4. The molecular weight excluding hydrogens is 392 g/mol. The highest BCUT2D eigenvalue weighted by molar-refractivity contribution is 5.94. The Balaban J connectivity index is 1.59. The predicted octanol–water partition coefficient (Wildman–Crippen LogP) is 4.47. The van der Waals surface area contributed by atoms with Crippen molar-refractivity contribution >= 4 is 22.7 Å². The second-order valence-corrected chi connectivity index (χ2v) is 8.57. The van der Waals surface area contributed by atoms with Crippen LogP contribution >= 0.6 is 0 Å². The number of rotatable bonds is 1. The van der Waals surface area contributed by atoms with Crippen LogP contribution in [0.5, 0.6) is 5.75 Å². The maximum atomic E-state index is 12.1. The largest absolute Gasteiger partial charge is 0.494 e. The number of nitrogens with zero attached hydrogens (tertiary/aromatic N) is 2. The van der Waals surface area contributed by atoms with E-state index in [4.69, 9.17) is 9.47 Å². The third-order valence-corrected chi connectivity index (χ3v) is 6.04. The molecule has 5 rings (SSSR count). The van der Waals surface area contributed by atoms with E-state index in [1.54, 1.807) is 0 Å². The Morgan fingerprint density at radius 3 is 2.97 bits per heavy atom. The third-order valence-electron chi connectivity index (χ3n) is 6.04. The van der Waals surface area contributed by atoms with Crippen LogP contribution in [-0.4, -0.2) is 42.5 Å². The second kappa shape index (κ2) is 8.49. The molecule has 1 fully saturated rings. The van der Waals surface area contributed by atoms with Crippen molar-refractivity contribution in [3.63, 3.8) is 0 Å². The van der Waals surface area contributed by atoms with E-state index in [9.17, 15) is 4.79 Å². The number of carbonyl (C=O) groups is 1. The lowest BCUT2D eigenvalue weighted by atomic mass is 9.98. The summed E-state index contributed by atoms with van der Waals surface area (Å²) in [6.45, 7) is 5.62. The number of amides is 1. The summed E-state index contributed by atoms with van der Waals surface area (Å²) in [5, 5.41) is 11.6. The molecule has 31 heavy (non-hydrogen) atoms. The van der Waals surface area contributed by atoms with Crippen molar-refractivity contribution in [3.8, 4) is 17.0 Å². The smallest absolute Gasteiger partial charge is 0.407 e. The molecule has 1 aromatic heterocycles. The average molecular weight is 421 g/mol. The maximum absolute atomic E-state index is 12.1. The zero-order valence-corrected chi connectivity index (χ0v) is 17.8. The normalized spacial score (nSPS) is 19.8. The summed E-state index contributed by atoms with van der Waals surface area (Å²) >= 11 is 0. The van der Waals surface area contributed by atoms with Gasteiger partial charge in [0.25, 0.3) is 0 Å². The monoisotopic (exact) mass is 420 g/mol. The van der Waals surface area contributed by atoms with E-state index in [-0.39, 0.29) is 6.61 Å². The van der Waals surface area contributed by atoms with Gasteiger partial charge < -0.3 is 19.7 Å². The number of piperidine rings is 1. The van der Waals surface area contributed by atoms with Gasteiger partial charge in [0.15, 0.2) is 0 Å². The molecule has 3 heterocycles. The molecule has 162 valence electrons. The first-order chi connectivity index (χ1) is 15.2. The topological polar surface area (TPSA) is 79.5 Å². The first-order valence-corrected chi connectivity index (χ1v) is 11.1. The molecule has 2 aromatic carbocycles. The van der Waals surface area contributed by atoms with Crippen molar-refractivity contribution in [2.45, 2.75) is 32.8 Å². The molecular formula is C24H28N4O3. The first-order valence-electron chi connectivity index (χ1n) is 11.1. The minimum atomic E-state index is -0.406. The van der Waals surface area contributed by atoms with Crippen molar-refractivity contribution < 1.29 is 14.3 Å². The van der Waals surface area contributed by atoms with Gasteiger partial charge in [-0.2, -0.15) is 5.10 Å². The quantitative estimate of drug-likeness (QED) is 0.607. The Morgan fingerprint density at radius 2 is 2.06 bits per heavy atom. The molecule has 7 nitrogen and oxygen atoms in total. The molecule has 1 amide bonds. The third kappa shape index (κ3) is 4.31. The molecule has 2 aliphatic rings. The molecule has 0 saturated carbocycles. The van der Waals surface area contributed by atoms with E-state index in [2.05, 4.69) is 45.5 Å².